The summed E-state index contributed by atoms with van der Waals surface area (Å²) in [5.74, 6) is 2.88. The summed E-state index contributed by atoms with van der Waals surface area (Å²) in [6.45, 7) is 7.13. The lowest BCUT2D eigenvalue weighted by molar-refractivity contribution is 0.399. The number of nitrogens with zero attached hydrogens (tertiary/aromatic N) is 3. The molecule has 1 aromatic heterocycles. The molecule has 0 saturated carbocycles. The molecule has 1 aliphatic heterocycles. The molecule has 0 aliphatic carbocycles. The summed E-state index contributed by atoms with van der Waals surface area (Å²) >= 11 is 0. The number of nitrogens with two attached hydrogens (primary N) is 1. The predicted octanol–water partition coefficient (Wildman–Crippen LogP) is 1.04. The molecule has 5 heteroatoms. The molecule has 1 unspecified atom stereocenters. The van der Waals surface area contributed by atoms with Gasteiger partial charge >= 0.3 is 0 Å². The molecule has 2 heterocycles. The Balaban J connectivity index is 1.99. The van der Waals surface area contributed by atoms with Gasteiger partial charge in [0.2, 0.25) is 0 Å². The molecule has 1 aliphatic rings. The summed E-state index contributed by atoms with van der Waals surface area (Å²) in [6.07, 6.45) is 1.25. The third kappa shape index (κ3) is 2.85. The highest BCUT2D eigenvalue weighted by molar-refractivity contribution is 5.54. The maximum absolute atomic E-state index is 5.83. The predicted molar refractivity (Wildman–Crippen MR) is 70.0 cm³/mol. The Hall–Kier alpha value is -1.36. The van der Waals surface area contributed by atoms with E-state index in [0.29, 0.717) is 11.7 Å². The van der Waals surface area contributed by atoms with E-state index in [1.54, 1.807) is 0 Å². The zero-order valence-corrected chi connectivity index (χ0v) is 10.8. The molecule has 5 nitrogen and oxygen atoms in total. The molecular formula is C12H21N5. The topological polar surface area (TPSA) is 67.1 Å². The molecule has 3 N–H and O–H groups in total. The van der Waals surface area contributed by atoms with Crippen LogP contribution in [0, 0.1) is 19.8 Å². The molecule has 1 atom stereocenters. The fourth-order valence-corrected chi connectivity index (χ4v) is 2.26. The quantitative estimate of drug-likeness (QED) is 0.819. The van der Waals surface area contributed by atoms with E-state index in [2.05, 4.69) is 27.2 Å². The number of hydrogen-bond acceptors (Lipinski definition) is 5. The van der Waals surface area contributed by atoms with Crippen LogP contribution in [0.3, 0.4) is 0 Å². The largest absolute Gasteiger partial charge is 0.383 e. The van der Waals surface area contributed by atoms with Crippen molar-refractivity contribution in [2.75, 3.05) is 37.7 Å². The van der Waals surface area contributed by atoms with Crippen molar-refractivity contribution in [2.24, 2.45) is 5.92 Å². The molecule has 2 rings (SSSR count). The lowest BCUT2D eigenvalue weighted by atomic mass is 10.1. The lowest BCUT2D eigenvalue weighted by Crippen LogP contribution is -2.20. The van der Waals surface area contributed by atoms with Gasteiger partial charge in [0.1, 0.15) is 17.5 Å². The Morgan fingerprint density at radius 2 is 2.18 bits per heavy atom. The maximum atomic E-state index is 5.83. The van der Waals surface area contributed by atoms with Crippen LogP contribution in [0.25, 0.3) is 0 Å². The Morgan fingerprint density at radius 1 is 1.41 bits per heavy atom. The van der Waals surface area contributed by atoms with E-state index in [1.807, 2.05) is 13.8 Å². The highest BCUT2D eigenvalue weighted by Crippen LogP contribution is 2.19. The second-order valence-corrected chi connectivity index (χ2v) is 4.93. The zero-order chi connectivity index (χ0) is 12.4. The number of anilines is 2. The highest BCUT2D eigenvalue weighted by Gasteiger charge is 2.19. The second-order valence-electron chi connectivity index (χ2n) is 4.93. The van der Waals surface area contributed by atoms with Gasteiger partial charge < -0.3 is 16.0 Å². The number of hydrogen-bond donors (Lipinski definition) is 2. The number of aromatic nitrogens is 2. The summed E-state index contributed by atoms with van der Waals surface area (Å²) in [4.78, 5) is 10.9. The normalized spacial score (nSPS) is 20.8. The van der Waals surface area contributed by atoms with E-state index >= 15 is 0 Å². The van der Waals surface area contributed by atoms with Gasteiger partial charge in [-0.2, -0.15) is 0 Å². The first-order valence-corrected chi connectivity index (χ1v) is 6.09. The van der Waals surface area contributed by atoms with Crippen LogP contribution in [0.15, 0.2) is 0 Å². The van der Waals surface area contributed by atoms with Crippen molar-refractivity contribution < 1.29 is 0 Å². The fraction of sp³-hybridized carbons (Fsp3) is 0.667. The minimum absolute atomic E-state index is 0.573. The second kappa shape index (κ2) is 4.87. The van der Waals surface area contributed by atoms with Crippen molar-refractivity contribution in [1.82, 2.24) is 14.9 Å². The molecule has 0 amide bonds. The fourth-order valence-electron chi connectivity index (χ4n) is 2.26. The highest BCUT2D eigenvalue weighted by atomic mass is 15.1. The molecule has 1 saturated heterocycles. The van der Waals surface area contributed by atoms with Crippen LogP contribution in [0.1, 0.15) is 17.8 Å². The first-order chi connectivity index (χ1) is 8.06. The summed E-state index contributed by atoms with van der Waals surface area (Å²) in [7, 11) is 2.16. The first kappa shape index (κ1) is 12.1. The molecular weight excluding hydrogens is 214 g/mol. The molecule has 0 bridgehead atoms. The van der Waals surface area contributed by atoms with Crippen molar-refractivity contribution >= 4 is 11.6 Å². The van der Waals surface area contributed by atoms with Crippen LogP contribution in [-0.4, -0.2) is 41.5 Å². The molecule has 17 heavy (non-hydrogen) atoms. The van der Waals surface area contributed by atoms with Crippen molar-refractivity contribution in [3.8, 4) is 0 Å². The van der Waals surface area contributed by atoms with Crippen LogP contribution in [0.2, 0.25) is 0 Å². The Kier molecular flexibility index (Phi) is 3.47. The molecule has 1 aromatic rings. The average Bonchev–Trinajstić information content (AvgIpc) is 2.67. The number of likely N-dealkylation sites (tertiary alicyclic amines) is 1. The van der Waals surface area contributed by atoms with Crippen molar-refractivity contribution in [3.05, 3.63) is 11.4 Å². The van der Waals surface area contributed by atoms with E-state index in [-0.39, 0.29) is 0 Å². The number of nitrogen functional groups attached to an aromatic ring is 1. The monoisotopic (exact) mass is 235 g/mol. The van der Waals surface area contributed by atoms with Gasteiger partial charge in [-0.1, -0.05) is 0 Å². The standard InChI is InChI=1S/C12H21N5/c1-8-11(13)15-9(2)16-12(8)14-6-10-4-5-17(3)7-10/h10H,4-7H2,1-3H3,(H3,13,14,15,16). The van der Waals surface area contributed by atoms with Gasteiger partial charge in [0.15, 0.2) is 0 Å². The van der Waals surface area contributed by atoms with E-state index in [4.69, 9.17) is 5.73 Å². The average molecular weight is 235 g/mol. The summed E-state index contributed by atoms with van der Waals surface area (Å²) < 4.78 is 0. The molecule has 0 radical (unpaired) electrons. The van der Waals surface area contributed by atoms with Gasteiger partial charge in [0.05, 0.1) is 0 Å². The summed E-state index contributed by atoms with van der Waals surface area (Å²) in [5, 5.41) is 3.40. The van der Waals surface area contributed by atoms with Crippen molar-refractivity contribution in [3.63, 3.8) is 0 Å². The smallest absolute Gasteiger partial charge is 0.134 e. The molecule has 1 fully saturated rings. The number of aryl methyl sites for hydroxylation is 1. The Bertz CT molecular complexity index is 404. The lowest BCUT2D eigenvalue weighted by Gasteiger charge is -2.14. The van der Waals surface area contributed by atoms with E-state index in [0.717, 1.165) is 30.3 Å². The van der Waals surface area contributed by atoms with Crippen LogP contribution < -0.4 is 11.1 Å². The van der Waals surface area contributed by atoms with Gasteiger partial charge in [0, 0.05) is 18.7 Å². The third-order valence-electron chi connectivity index (χ3n) is 3.34. The Labute approximate surface area is 102 Å². The SMILES string of the molecule is Cc1nc(N)c(C)c(NCC2CCN(C)C2)n1. The van der Waals surface area contributed by atoms with E-state index in [1.165, 1.54) is 13.0 Å². The van der Waals surface area contributed by atoms with Crippen LogP contribution in [-0.2, 0) is 0 Å². The van der Waals surface area contributed by atoms with Gasteiger partial charge in [-0.25, -0.2) is 9.97 Å². The molecule has 0 spiro atoms. The summed E-state index contributed by atoms with van der Waals surface area (Å²) in [6, 6.07) is 0. The van der Waals surface area contributed by atoms with Gasteiger partial charge in [-0.15, -0.1) is 0 Å². The molecule has 94 valence electrons. The van der Waals surface area contributed by atoms with E-state index < -0.39 is 0 Å². The summed E-state index contributed by atoms with van der Waals surface area (Å²) in [5.41, 5.74) is 6.77. The number of nitrogens with one attached hydrogen (secondary N) is 1. The zero-order valence-electron chi connectivity index (χ0n) is 10.8. The van der Waals surface area contributed by atoms with Crippen LogP contribution >= 0.6 is 0 Å². The van der Waals surface area contributed by atoms with Gasteiger partial charge in [-0.3, -0.25) is 0 Å². The maximum Gasteiger partial charge on any atom is 0.134 e. The van der Waals surface area contributed by atoms with E-state index in [9.17, 15) is 0 Å². The third-order valence-corrected chi connectivity index (χ3v) is 3.34. The van der Waals surface area contributed by atoms with Crippen LogP contribution in [0.4, 0.5) is 11.6 Å². The van der Waals surface area contributed by atoms with Gasteiger partial charge in [-0.05, 0) is 39.8 Å². The minimum atomic E-state index is 0.573. The van der Waals surface area contributed by atoms with Crippen molar-refractivity contribution in [2.45, 2.75) is 20.3 Å². The number of rotatable bonds is 3. The van der Waals surface area contributed by atoms with Crippen LogP contribution in [0.5, 0.6) is 0 Å². The Morgan fingerprint density at radius 3 is 2.82 bits per heavy atom. The van der Waals surface area contributed by atoms with Gasteiger partial charge in [0.25, 0.3) is 0 Å². The minimum Gasteiger partial charge on any atom is -0.383 e. The molecule has 0 aromatic carbocycles. The van der Waals surface area contributed by atoms with Crippen molar-refractivity contribution in [1.29, 1.82) is 0 Å². The first-order valence-electron chi connectivity index (χ1n) is 6.09.